The van der Waals surface area contributed by atoms with Crippen LogP contribution >= 0.6 is 23.2 Å². The van der Waals surface area contributed by atoms with Gasteiger partial charge in [0, 0.05) is 42.0 Å². The predicted octanol–water partition coefficient (Wildman–Crippen LogP) is 4.58. The van der Waals surface area contributed by atoms with E-state index in [1.54, 1.807) is 6.08 Å². The fraction of sp³-hybridized carbons (Fsp3) is 0.839. The molecule has 0 amide bonds. The smallest absolute Gasteiger partial charge is 0.371 e. The van der Waals surface area contributed by atoms with E-state index in [-0.39, 0.29) is 59.4 Å². The number of nitrogens with zero attached hydrogens (tertiary/aromatic N) is 2. The molecule has 2 heterocycles. The summed E-state index contributed by atoms with van der Waals surface area (Å²) in [5.74, 6) is 1.78. The Morgan fingerprint density at radius 1 is 0.822 bits per heavy atom. The molecule has 252 valence electrons. The van der Waals surface area contributed by atoms with Crippen molar-refractivity contribution in [1.29, 1.82) is 0 Å². The minimum absolute atomic E-state index is 0.000341. The highest BCUT2D eigenvalue weighted by Gasteiger charge is 2.55. The first-order chi connectivity index (χ1) is 21.4. The molecule has 1 saturated heterocycles. The molecular weight excluding hydrogens is 663 g/mol. The second kappa shape index (κ2) is 13.7. The molecule has 0 bridgehead atoms. The van der Waals surface area contributed by atoms with Crippen LogP contribution in [0, 0.1) is 23.7 Å². The average molecular weight is 709 g/mol. The number of hydrogen-bond donors (Lipinski definition) is 2. The van der Waals surface area contributed by atoms with Crippen LogP contribution in [0.5, 0.6) is 0 Å². The van der Waals surface area contributed by atoms with Gasteiger partial charge in [-0.2, -0.15) is 21.4 Å². The summed E-state index contributed by atoms with van der Waals surface area (Å²) in [6.45, 7) is 0.750. The van der Waals surface area contributed by atoms with Gasteiger partial charge in [0.2, 0.25) is 5.88 Å². The van der Waals surface area contributed by atoms with Crippen molar-refractivity contribution in [3.8, 4) is 0 Å². The summed E-state index contributed by atoms with van der Waals surface area (Å²) in [7, 11) is -8.20. The number of ether oxygens (including phenoxy) is 2. The number of hydrogen-bond acceptors (Lipinski definition) is 7. The van der Waals surface area contributed by atoms with E-state index >= 15 is 0 Å². The Hall–Kier alpha value is -1.23. The molecule has 4 saturated carbocycles. The Kier molecular flexibility index (Phi) is 10.3. The zero-order valence-electron chi connectivity index (χ0n) is 25.5. The van der Waals surface area contributed by atoms with Gasteiger partial charge in [0.25, 0.3) is 20.2 Å². The normalized spacial score (nSPS) is 37.8. The van der Waals surface area contributed by atoms with E-state index in [0.29, 0.717) is 48.5 Å². The topological polar surface area (TPSA) is 133 Å². The van der Waals surface area contributed by atoms with Crippen LogP contribution in [0.15, 0.2) is 23.4 Å². The Morgan fingerprint density at radius 3 is 2.04 bits per heavy atom. The minimum atomic E-state index is -4.10. The van der Waals surface area contributed by atoms with E-state index in [9.17, 15) is 25.9 Å². The van der Waals surface area contributed by atoms with Crippen molar-refractivity contribution >= 4 is 49.3 Å². The van der Waals surface area contributed by atoms with Gasteiger partial charge in [-0.05, 0) is 56.1 Å². The van der Waals surface area contributed by atoms with Crippen LogP contribution in [-0.4, -0.2) is 101 Å². The van der Waals surface area contributed by atoms with Gasteiger partial charge < -0.3 is 14.4 Å². The minimum Gasteiger partial charge on any atom is -0.467 e. The fourth-order valence-electron chi connectivity index (χ4n) is 9.15. The number of fused-ring (bicyclic) bond motifs is 6. The number of alkyl halides is 2. The first kappa shape index (κ1) is 33.7. The molecule has 10 atom stereocenters. The third-order valence-corrected chi connectivity index (χ3v) is 13.7. The van der Waals surface area contributed by atoms with Crippen LogP contribution in [0.1, 0.15) is 77.0 Å². The summed E-state index contributed by atoms with van der Waals surface area (Å²) in [4.78, 5) is 2.03. The molecule has 14 heteroatoms. The van der Waals surface area contributed by atoms with Crippen LogP contribution in [0.2, 0.25) is 0 Å². The number of rotatable bonds is 9. The molecule has 5 fully saturated rings. The molecule has 10 nitrogen and oxygen atoms in total. The molecule has 10 unspecified atom stereocenters. The van der Waals surface area contributed by atoms with E-state index in [0.717, 1.165) is 51.4 Å². The molecule has 0 radical (unpaired) electrons. The summed E-state index contributed by atoms with van der Waals surface area (Å²) in [6, 6.07) is -0.0167. The van der Waals surface area contributed by atoms with Crippen molar-refractivity contribution in [2.75, 3.05) is 24.6 Å². The third kappa shape index (κ3) is 7.59. The van der Waals surface area contributed by atoms with Crippen LogP contribution < -0.4 is 0 Å². The SMILES string of the molecule is O=S(=O)(O)CCCN1C(=C=C=CC2=[N+](CCCS(=O)(=O)O)C3CC(Cl)C4CCCCC4C3O2)OC2C3CCCCC3C(Cl)CC21. The highest BCUT2D eigenvalue weighted by atomic mass is 35.5. The quantitative estimate of drug-likeness (QED) is 0.153. The first-order valence-electron chi connectivity index (χ1n) is 16.5. The second-order valence-electron chi connectivity index (χ2n) is 13.8. The summed E-state index contributed by atoms with van der Waals surface area (Å²) >= 11 is 13.8. The lowest BCUT2D eigenvalue weighted by atomic mass is 9.67. The van der Waals surface area contributed by atoms with Gasteiger partial charge in [-0.25, -0.2) is 0 Å². The van der Waals surface area contributed by atoms with Crippen molar-refractivity contribution in [3.05, 3.63) is 23.4 Å². The lowest BCUT2D eigenvalue weighted by molar-refractivity contribution is -0.563. The monoisotopic (exact) mass is 707 g/mol. The van der Waals surface area contributed by atoms with Gasteiger partial charge in [0.1, 0.15) is 18.7 Å². The van der Waals surface area contributed by atoms with E-state index in [2.05, 4.69) is 16.0 Å². The standard InChI is InChI=1S/C31H44Cl2N2O8S2/c32-24-18-26-30(22-10-3-1-8-20(22)24)42-28(34(26)14-6-16-44(36,37)38)12-5-13-29-35(15-7-17-45(39,40)41)27-19-25(33)21-9-2-4-11-23(21)31(27)43-29/h12,20-27,30-31H,1-4,6-11,14-19H2,(H-,36,37,38,39,40,41)/p+1. The fourth-order valence-corrected chi connectivity index (χ4v) is 11.1. The molecule has 6 aliphatic rings. The highest BCUT2D eigenvalue weighted by molar-refractivity contribution is 7.86. The molecule has 0 spiro atoms. The Morgan fingerprint density at radius 2 is 1.40 bits per heavy atom. The lowest BCUT2D eigenvalue weighted by Gasteiger charge is -2.45. The van der Waals surface area contributed by atoms with Gasteiger partial charge in [-0.15, -0.1) is 23.2 Å². The Bertz CT molecular complexity index is 1470. The van der Waals surface area contributed by atoms with Crippen molar-refractivity contribution in [1.82, 2.24) is 4.90 Å². The zero-order valence-corrected chi connectivity index (χ0v) is 28.6. The maximum Gasteiger partial charge on any atom is 0.371 e. The summed E-state index contributed by atoms with van der Waals surface area (Å²) < 4.78 is 79.8. The molecule has 4 aliphatic carbocycles. The molecule has 6 rings (SSSR count). The molecule has 0 aromatic carbocycles. The largest absolute Gasteiger partial charge is 0.467 e. The summed E-state index contributed by atoms with van der Waals surface area (Å²) in [6.07, 6.45) is 12.4. The van der Waals surface area contributed by atoms with Crippen molar-refractivity contribution in [2.24, 2.45) is 23.7 Å². The van der Waals surface area contributed by atoms with Gasteiger partial charge in [0.05, 0.1) is 17.5 Å². The van der Waals surface area contributed by atoms with E-state index in [1.165, 1.54) is 12.8 Å². The van der Waals surface area contributed by atoms with Crippen molar-refractivity contribution in [2.45, 2.75) is 112 Å². The Labute approximate surface area is 277 Å². The molecular formula is C31H45Cl2N2O8S2+. The molecule has 2 aliphatic heterocycles. The van der Waals surface area contributed by atoms with E-state index < -0.39 is 20.2 Å². The summed E-state index contributed by atoms with van der Waals surface area (Å²) in [5.41, 5.74) is 6.34. The van der Waals surface area contributed by atoms with E-state index in [1.807, 2.05) is 4.90 Å². The third-order valence-electron chi connectivity index (χ3n) is 11.0. The van der Waals surface area contributed by atoms with Gasteiger partial charge >= 0.3 is 5.90 Å². The first-order valence-corrected chi connectivity index (χ1v) is 20.6. The number of halogens is 2. The van der Waals surface area contributed by atoms with Gasteiger partial charge in [-0.3, -0.25) is 9.11 Å². The van der Waals surface area contributed by atoms with E-state index in [4.69, 9.17) is 32.7 Å². The van der Waals surface area contributed by atoms with Crippen LogP contribution in [-0.2, 0) is 29.7 Å². The zero-order chi connectivity index (χ0) is 31.9. The maximum atomic E-state index is 11.5. The Balaban J connectivity index is 1.31. The predicted molar refractivity (Wildman–Crippen MR) is 171 cm³/mol. The van der Waals surface area contributed by atoms with Crippen molar-refractivity contribution < 1.29 is 40.0 Å². The highest BCUT2D eigenvalue weighted by Crippen LogP contribution is 2.49. The van der Waals surface area contributed by atoms with Crippen LogP contribution in [0.4, 0.5) is 0 Å². The summed E-state index contributed by atoms with van der Waals surface area (Å²) in [5, 5.41) is 0.0330. The average Bonchev–Trinajstić information content (AvgIpc) is 3.50. The lowest BCUT2D eigenvalue weighted by Crippen LogP contribution is -2.51. The maximum absolute atomic E-state index is 11.5. The molecule has 0 aromatic heterocycles. The van der Waals surface area contributed by atoms with Crippen LogP contribution in [0.3, 0.4) is 0 Å². The molecule has 45 heavy (non-hydrogen) atoms. The second-order valence-corrected chi connectivity index (χ2v) is 18.0. The van der Waals surface area contributed by atoms with Gasteiger partial charge in [-0.1, -0.05) is 31.4 Å². The molecule has 2 N–H and O–H groups in total. The van der Waals surface area contributed by atoms with Gasteiger partial charge in [0.15, 0.2) is 12.1 Å². The molecule has 0 aromatic rings. The van der Waals surface area contributed by atoms with Crippen LogP contribution in [0.25, 0.3) is 0 Å². The van der Waals surface area contributed by atoms with Crippen molar-refractivity contribution in [3.63, 3.8) is 0 Å².